The van der Waals surface area contributed by atoms with Crippen LogP contribution in [-0.2, 0) is 6.54 Å². The molecule has 24 heavy (non-hydrogen) atoms. The number of benzene rings is 1. The molecule has 0 radical (unpaired) electrons. The molecule has 1 aliphatic heterocycles. The van der Waals surface area contributed by atoms with Crippen molar-refractivity contribution in [1.29, 1.82) is 0 Å². The maximum atomic E-state index is 12.8. The average molecular weight is 345 g/mol. The molecule has 6 heteroatoms. The zero-order valence-corrected chi connectivity index (χ0v) is 14.5. The van der Waals surface area contributed by atoms with Gasteiger partial charge in [0, 0.05) is 35.1 Å². The summed E-state index contributed by atoms with van der Waals surface area (Å²) in [4.78, 5) is 22.9. The van der Waals surface area contributed by atoms with Gasteiger partial charge in [0.25, 0.3) is 5.56 Å². The number of fused-ring (bicyclic) bond motifs is 3. The number of aromatic amines is 1. The first-order valence-electron chi connectivity index (χ1n) is 8.54. The summed E-state index contributed by atoms with van der Waals surface area (Å²) in [6, 6.07) is 6.15. The molecule has 3 aromatic rings. The number of hydrogen-bond donors (Lipinski definition) is 1. The van der Waals surface area contributed by atoms with Crippen molar-refractivity contribution in [3.63, 3.8) is 0 Å². The van der Waals surface area contributed by atoms with Crippen LogP contribution in [0.5, 0.6) is 0 Å². The molecule has 5 nitrogen and oxygen atoms in total. The number of halogens is 1. The van der Waals surface area contributed by atoms with Gasteiger partial charge >= 0.3 is 0 Å². The lowest BCUT2D eigenvalue weighted by atomic mass is 10.0. The Kier molecular flexibility index (Phi) is 4.06. The highest BCUT2D eigenvalue weighted by atomic mass is 35.5. The van der Waals surface area contributed by atoms with Gasteiger partial charge in [0.2, 0.25) is 0 Å². The van der Waals surface area contributed by atoms with Crippen LogP contribution in [0.4, 0.5) is 0 Å². The normalized spacial score (nSPS) is 19.3. The molecule has 1 aliphatic rings. The SMILES string of the molecule is C[C@@H]1CCCCN1CCn1cnc2c([nH]c3ccc(Cl)cc32)c1=O. The fourth-order valence-corrected chi connectivity index (χ4v) is 3.82. The van der Waals surface area contributed by atoms with Gasteiger partial charge in [-0.25, -0.2) is 4.98 Å². The smallest absolute Gasteiger partial charge is 0.277 e. The molecule has 3 heterocycles. The van der Waals surface area contributed by atoms with Gasteiger partial charge in [-0.2, -0.15) is 0 Å². The first-order chi connectivity index (χ1) is 11.6. The minimum Gasteiger partial charge on any atom is -0.349 e. The highest BCUT2D eigenvalue weighted by Crippen LogP contribution is 2.24. The maximum absolute atomic E-state index is 12.8. The van der Waals surface area contributed by atoms with E-state index in [1.54, 1.807) is 10.9 Å². The monoisotopic (exact) mass is 344 g/mol. The van der Waals surface area contributed by atoms with E-state index in [9.17, 15) is 4.79 Å². The third-order valence-corrected chi connectivity index (χ3v) is 5.34. The van der Waals surface area contributed by atoms with Crippen LogP contribution < -0.4 is 5.56 Å². The fourth-order valence-electron chi connectivity index (χ4n) is 3.65. The summed E-state index contributed by atoms with van der Waals surface area (Å²) in [5.74, 6) is 0. The van der Waals surface area contributed by atoms with Crippen LogP contribution in [0.15, 0.2) is 29.3 Å². The summed E-state index contributed by atoms with van der Waals surface area (Å²) in [6.45, 7) is 4.95. The molecule has 126 valence electrons. The van der Waals surface area contributed by atoms with Crippen molar-refractivity contribution in [2.24, 2.45) is 0 Å². The zero-order chi connectivity index (χ0) is 16.7. The van der Waals surface area contributed by atoms with Crippen molar-refractivity contribution in [2.75, 3.05) is 13.1 Å². The van der Waals surface area contributed by atoms with Gasteiger partial charge in [0.1, 0.15) is 11.0 Å². The van der Waals surface area contributed by atoms with Crippen molar-refractivity contribution < 1.29 is 0 Å². The lowest BCUT2D eigenvalue weighted by Gasteiger charge is -2.33. The van der Waals surface area contributed by atoms with Gasteiger partial charge in [-0.05, 0) is 44.5 Å². The Morgan fingerprint density at radius 2 is 2.21 bits per heavy atom. The molecular weight excluding hydrogens is 324 g/mol. The largest absolute Gasteiger partial charge is 0.349 e. The molecule has 4 rings (SSSR count). The molecule has 2 aromatic heterocycles. The Hall–Kier alpha value is -1.85. The highest BCUT2D eigenvalue weighted by Gasteiger charge is 2.18. The lowest BCUT2D eigenvalue weighted by molar-refractivity contribution is 0.154. The van der Waals surface area contributed by atoms with Gasteiger partial charge in [-0.1, -0.05) is 18.0 Å². The third kappa shape index (κ3) is 2.72. The standard InChI is InChI=1S/C18H21ClN4O/c1-12-4-2-3-7-22(12)8-9-23-11-20-16-14-10-13(19)5-6-15(14)21-17(16)18(23)24/h5-6,10-12,21H,2-4,7-9H2,1H3/t12-/m1/s1. The van der Waals surface area contributed by atoms with Crippen LogP contribution in [0, 0.1) is 0 Å². The summed E-state index contributed by atoms with van der Waals surface area (Å²) in [6.07, 6.45) is 5.46. The summed E-state index contributed by atoms with van der Waals surface area (Å²) in [5, 5.41) is 1.54. The minimum atomic E-state index is -0.0167. The molecule has 0 saturated carbocycles. The van der Waals surface area contributed by atoms with E-state index in [4.69, 9.17) is 11.6 Å². The fraction of sp³-hybridized carbons (Fsp3) is 0.444. The molecule has 0 spiro atoms. The average Bonchev–Trinajstić information content (AvgIpc) is 2.94. The molecule has 1 atom stereocenters. The topological polar surface area (TPSA) is 53.9 Å². The first kappa shape index (κ1) is 15.7. The molecule has 0 aliphatic carbocycles. The Morgan fingerprint density at radius 3 is 3.04 bits per heavy atom. The molecule has 0 amide bonds. The van der Waals surface area contributed by atoms with Crippen LogP contribution in [0.25, 0.3) is 21.9 Å². The number of nitrogens with one attached hydrogen (secondary N) is 1. The predicted molar refractivity (Wildman–Crippen MR) is 97.8 cm³/mol. The number of hydrogen-bond acceptors (Lipinski definition) is 3. The van der Waals surface area contributed by atoms with Crippen molar-refractivity contribution in [2.45, 2.75) is 38.8 Å². The Labute approximate surface area is 145 Å². The van der Waals surface area contributed by atoms with E-state index >= 15 is 0 Å². The summed E-state index contributed by atoms with van der Waals surface area (Å²) >= 11 is 6.07. The van der Waals surface area contributed by atoms with Gasteiger partial charge in [-0.15, -0.1) is 0 Å². The molecule has 0 unspecified atom stereocenters. The van der Waals surface area contributed by atoms with Crippen molar-refractivity contribution in [1.82, 2.24) is 19.4 Å². The zero-order valence-electron chi connectivity index (χ0n) is 13.8. The number of H-pyrrole nitrogens is 1. The molecular formula is C18H21ClN4O. The number of aromatic nitrogens is 3. The van der Waals surface area contributed by atoms with Crippen molar-refractivity contribution in [3.8, 4) is 0 Å². The number of rotatable bonds is 3. The Morgan fingerprint density at radius 1 is 1.33 bits per heavy atom. The van der Waals surface area contributed by atoms with E-state index in [2.05, 4.69) is 21.8 Å². The molecule has 0 bridgehead atoms. The third-order valence-electron chi connectivity index (χ3n) is 5.10. The predicted octanol–water partition coefficient (Wildman–Crippen LogP) is 3.41. The minimum absolute atomic E-state index is 0.0167. The Balaban J connectivity index is 1.66. The van der Waals surface area contributed by atoms with E-state index in [1.807, 2.05) is 18.2 Å². The van der Waals surface area contributed by atoms with E-state index in [0.717, 1.165) is 24.0 Å². The van der Waals surface area contributed by atoms with Crippen LogP contribution in [0.2, 0.25) is 5.02 Å². The van der Waals surface area contributed by atoms with E-state index in [-0.39, 0.29) is 5.56 Å². The second-order valence-electron chi connectivity index (χ2n) is 6.66. The summed E-state index contributed by atoms with van der Waals surface area (Å²) < 4.78 is 1.71. The van der Waals surface area contributed by atoms with Gasteiger partial charge in [-0.3, -0.25) is 14.3 Å². The highest BCUT2D eigenvalue weighted by molar-refractivity contribution is 6.31. The van der Waals surface area contributed by atoms with E-state index < -0.39 is 0 Å². The van der Waals surface area contributed by atoms with Crippen LogP contribution >= 0.6 is 11.6 Å². The molecule has 1 aromatic carbocycles. The molecule has 1 saturated heterocycles. The second-order valence-corrected chi connectivity index (χ2v) is 7.10. The Bertz CT molecular complexity index is 945. The second kappa shape index (κ2) is 6.22. The van der Waals surface area contributed by atoms with Crippen LogP contribution in [-0.4, -0.2) is 38.6 Å². The van der Waals surface area contributed by atoms with Crippen LogP contribution in [0.1, 0.15) is 26.2 Å². The first-order valence-corrected chi connectivity index (χ1v) is 8.92. The quantitative estimate of drug-likeness (QED) is 0.792. The number of likely N-dealkylation sites (tertiary alicyclic amines) is 1. The summed E-state index contributed by atoms with van der Waals surface area (Å²) in [5.41, 5.74) is 2.12. The lowest BCUT2D eigenvalue weighted by Crippen LogP contribution is -2.40. The number of nitrogens with zero attached hydrogens (tertiary/aromatic N) is 3. The number of piperidine rings is 1. The molecule has 1 fully saturated rings. The van der Waals surface area contributed by atoms with E-state index in [0.29, 0.717) is 28.6 Å². The van der Waals surface area contributed by atoms with Crippen molar-refractivity contribution in [3.05, 3.63) is 39.9 Å². The molecule has 1 N–H and O–H groups in total. The van der Waals surface area contributed by atoms with Crippen molar-refractivity contribution >= 4 is 33.5 Å². The summed E-state index contributed by atoms with van der Waals surface area (Å²) in [7, 11) is 0. The van der Waals surface area contributed by atoms with E-state index in [1.165, 1.54) is 19.3 Å². The van der Waals surface area contributed by atoms with Gasteiger partial charge in [0.15, 0.2) is 0 Å². The maximum Gasteiger partial charge on any atom is 0.277 e. The van der Waals surface area contributed by atoms with Crippen LogP contribution in [0.3, 0.4) is 0 Å². The van der Waals surface area contributed by atoms with Gasteiger partial charge in [0.05, 0.1) is 6.33 Å². The van der Waals surface area contributed by atoms with Gasteiger partial charge < -0.3 is 4.98 Å².